The molecule has 0 fully saturated rings. The van der Waals surface area contributed by atoms with Gasteiger partial charge in [-0.2, -0.15) is 0 Å². The number of hydrogen-bond donors (Lipinski definition) is 0. The lowest BCUT2D eigenvalue weighted by atomic mass is 10.1. The van der Waals surface area contributed by atoms with Gasteiger partial charge in [-0.3, -0.25) is 0 Å². The van der Waals surface area contributed by atoms with Crippen LogP contribution in [-0.2, 0) is 9.84 Å². The van der Waals surface area contributed by atoms with Crippen LogP contribution in [0.5, 0.6) is 0 Å². The van der Waals surface area contributed by atoms with Gasteiger partial charge in [0.1, 0.15) is 0 Å². The second kappa shape index (κ2) is 7.05. The van der Waals surface area contributed by atoms with E-state index in [2.05, 4.69) is 6.58 Å². The molecule has 0 aromatic heterocycles. The topological polar surface area (TPSA) is 34.1 Å². The summed E-state index contributed by atoms with van der Waals surface area (Å²) in [7, 11) is -3.68. The summed E-state index contributed by atoms with van der Waals surface area (Å²) >= 11 is 17.9. The second-order valence-corrected chi connectivity index (χ2v) is 7.98. The third-order valence-electron chi connectivity index (χ3n) is 3.21. The first-order chi connectivity index (χ1) is 10.4. The van der Waals surface area contributed by atoms with Crippen molar-refractivity contribution >= 4 is 44.6 Å². The van der Waals surface area contributed by atoms with Crippen LogP contribution in [0.1, 0.15) is 17.2 Å². The minimum Gasteiger partial charge on any atom is -0.223 e. The third kappa shape index (κ3) is 3.49. The molecule has 2 rings (SSSR count). The van der Waals surface area contributed by atoms with E-state index in [9.17, 15) is 8.42 Å². The maximum atomic E-state index is 12.9. The lowest BCUT2D eigenvalue weighted by molar-refractivity contribution is 0.582. The first kappa shape index (κ1) is 17.4. The highest BCUT2D eigenvalue weighted by atomic mass is 35.5. The lowest BCUT2D eigenvalue weighted by Gasteiger charge is -2.18. The van der Waals surface area contributed by atoms with Gasteiger partial charge in [-0.1, -0.05) is 59.1 Å². The fourth-order valence-corrected chi connectivity index (χ4v) is 4.71. The Balaban J connectivity index is 2.58. The number of benzene rings is 2. The summed E-state index contributed by atoms with van der Waals surface area (Å²) in [5.41, 5.74) is 0.550. The summed E-state index contributed by atoms with van der Waals surface area (Å²) in [4.78, 5) is 0.0922. The summed E-state index contributed by atoms with van der Waals surface area (Å²) < 4.78 is 25.9. The molecule has 0 spiro atoms. The second-order valence-electron chi connectivity index (χ2n) is 4.66. The van der Waals surface area contributed by atoms with Crippen molar-refractivity contribution in [3.8, 4) is 0 Å². The van der Waals surface area contributed by atoms with Gasteiger partial charge in [0, 0.05) is 0 Å². The molecule has 2 aromatic carbocycles. The van der Waals surface area contributed by atoms with Crippen molar-refractivity contribution in [1.82, 2.24) is 0 Å². The molecule has 2 nitrogen and oxygen atoms in total. The highest BCUT2D eigenvalue weighted by molar-refractivity contribution is 7.91. The summed E-state index contributed by atoms with van der Waals surface area (Å²) in [5, 5.41) is 0.0526. The molecule has 0 saturated heterocycles. The molecule has 0 aliphatic rings. The maximum Gasteiger partial charge on any atom is 0.187 e. The van der Waals surface area contributed by atoms with Gasteiger partial charge in [0.05, 0.1) is 25.2 Å². The Hall–Kier alpha value is -1.00. The van der Waals surface area contributed by atoms with Crippen molar-refractivity contribution < 1.29 is 8.42 Å². The van der Waals surface area contributed by atoms with Crippen LogP contribution in [0, 0.1) is 0 Å². The van der Waals surface area contributed by atoms with Crippen molar-refractivity contribution in [1.29, 1.82) is 0 Å². The van der Waals surface area contributed by atoms with E-state index >= 15 is 0 Å². The first-order valence-electron chi connectivity index (χ1n) is 6.42. The normalized spacial score (nSPS) is 12.9. The minimum absolute atomic E-state index is 0.0922. The van der Waals surface area contributed by atoms with Gasteiger partial charge in [-0.05, 0) is 36.2 Å². The van der Waals surface area contributed by atoms with E-state index in [1.54, 1.807) is 42.5 Å². The van der Waals surface area contributed by atoms with Crippen LogP contribution in [0.25, 0.3) is 0 Å². The number of allylic oxidation sites excluding steroid dienone is 1. The van der Waals surface area contributed by atoms with Gasteiger partial charge in [0.2, 0.25) is 0 Å². The molecule has 1 unspecified atom stereocenters. The standard InChI is InChI=1S/C16H13Cl3O2S/c1-2-5-15(11-8-9-12(17)14(19)10-11)22(20,21)16-7-4-3-6-13(16)18/h2-4,6-10,15H,1,5H2. The summed E-state index contributed by atoms with van der Waals surface area (Å²) in [6, 6.07) is 11.2. The van der Waals surface area contributed by atoms with Crippen molar-refractivity contribution in [2.24, 2.45) is 0 Å². The summed E-state index contributed by atoms with van der Waals surface area (Å²) in [5.74, 6) is 0. The van der Waals surface area contributed by atoms with E-state index in [4.69, 9.17) is 34.8 Å². The number of halogens is 3. The Kier molecular flexibility index (Phi) is 5.56. The van der Waals surface area contributed by atoms with E-state index < -0.39 is 15.1 Å². The molecule has 0 saturated carbocycles. The van der Waals surface area contributed by atoms with E-state index in [1.807, 2.05) is 0 Å². The molecule has 0 N–H and O–H groups in total. The van der Waals surface area contributed by atoms with Crippen molar-refractivity contribution in [2.75, 3.05) is 0 Å². The zero-order valence-corrected chi connectivity index (χ0v) is 14.6. The van der Waals surface area contributed by atoms with Crippen molar-refractivity contribution in [3.63, 3.8) is 0 Å². The summed E-state index contributed by atoms with van der Waals surface area (Å²) in [6.45, 7) is 3.64. The van der Waals surface area contributed by atoms with Crippen LogP contribution in [-0.4, -0.2) is 8.42 Å². The molecule has 0 amide bonds. The molecule has 2 aromatic rings. The molecule has 0 heterocycles. The minimum atomic E-state index is -3.68. The van der Waals surface area contributed by atoms with E-state index in [0.717, 1.165) is 0 Å². The Labute approximate surface area is 145 Å². The van der Waals surface area contributed by atoms with Crippen LogP contribution < -0.4 is 0 Å². The fraction of sp³-hybridized carbons (Fsp3) is 0.125. The van der Waals surface area contributed by atoms with Crippen LogP contribution in [0.4, 0.5) is 0 Å². The SMILES string of the molecule is C=CCC(c1ccc(Cl)c(Cl)c1)S(=O)(=O)c1ccccc1Cl. The maximum absolute atomic E-state index is 12.9. The highest BCUT2D eigenvalue weighted by Crippen LogP contribution is 2.37. The van der Waals surface area contributed by atoms with Crippen molar-refractivity contribution in [3.05, 3.63) is 75.8 Å². The van der Waals surface area contributed by atoms with Crippen LogP contribution in [0.15, 0.2) is 60.0 Å². The zero-order valence-electron chi connectivity index (χ0n) is 11.5. The zero-order chi connectivity index (χ0) is 16.3. The molecule has 116 valence electrons. The largest absolute Gasteiger partial charge is 0.223 e. The quantitative estimate of drug-likeness (QED) is 0.625. The molecular weight excluding hydrogens is 363 g/mol. The molecule has 0 radical (unpaired) electrons. The van der Waals surface area contributed by atoms with Crippen LogP contribution in [0.2, 0.25) is 15.1 Å². The summed E-state index contributed by atoms with van der Waals surface area (Å²) in [6.07, 6.45) is 1.80. The fourth-order valence-electron chi connectivity index (χ4n) is 2.13. The first-order valence-corrected chi connectivity index (χ1v) is 9.10. The van der Waals surface area contributed by atoms with E-state index in [0.29, 0.717) is 15.6 Å². The van der Waals surface area contributed by atoms with Crippen LogP contribution in [0.3, 0.4) is 0 Å². The third-order valence-corrected chi connectivity index (χ3v) is 6.58. The van der Waals surface area contributed by atoms with Gasteiger partial charge < -0.3 is 0 Å². The molecule has 6 heteroatoms. The average Bonchev–Trinajstić information content (AvgIpc) is 2.48. The van der Waals surface area contributed by atoms with E-state index in [-0.39, 0.29) is 16.3 Å². The Morgan fingerprint density at radius 2 is 1.68 bits per heavy atom. The smallest absolute Gasteiger partial charge is 0.187 e. The highest BCUT2D eigenvalue weighted by Gasteiger charge is 2.30. The molecule has 1 atom stereocenters. The Bertz CT molecular complexity index is 801. The molecule has 0 aliphatic carbocycles. The predicted octanol–water partition coefficient (Wildman–Crippen LogP) is 5.74. The molecule has 22 heavy (non-hydrogen) atoms. The predicted molar refractivity (Wildman–Crippen MR) is 92.7 cm³/mol. The average molecular weight is 376 g/mol. The number of rotatable bonds is 5. The van der Waals surface area contributed by atoms with Gasteiger partial charge in [0.25, 0.3) is 0 Å². The Morgan fingerprint density at radius 1 is 1.00 bits per heavy atom. The molecule has 0 bridgehead atoms. The van der Waals surface area contributed by atoms with Gasteiger partial charge in [0.15, 0.2) is 9.84 Å². The Morgan fingerprint density at radius 3 is 2.27 bits per heavy atom. The van der Waals surface area contributed by atoms with Crippen molar-refractivity contribution in [2.45, 2.75) is 16.6 Å². The molecule has 0 aliphatic heterocycles. The number of hydrogen-bond acceptors (Lipinski definition) is 2. The van der Waals surface area contributed by atoms with Crippen LogP contribution >= 0.6 is 34.8 Å². The lowest BCUT2D eigenvalue weighted by Crippen LogP contribution is -2.14. The van der Waals surface area contributed by atoms with Gasteiger partial charge >= 0.3 is 0 Å². The monoisotopic (exact) mass is 374 g/mol. The van der Waals surface area contributed by atoms with E-state index in [1.165, 1.54) is 6.07 Å². The molecular formula is C16H13Cl3O2S. The van der Waals surface area contributed by atoms with Gasteiger partial charge in [-0.15, -0.1) is 6.58 Å². The van der Waals surface area contributed by atoms with Gasteiger partial charge in [-0.25, -0.2) is 8.42 Å². The number of sulfone groups is 1.